The van der Waals surface area contributed by atoms with Gasteiger partial charge < -0.3 is 25.6 Å². The van der Waals surface area contributed by atoms with E-state index in [2.05, 4.69) is 18.5 Å². The van der Waals surface area contributed by atoms with Crippen LogP contribution in [0, 0.1) is 13.8 Å². The minimum absolute atomic E-state index is 0.155. The van der Waals surface area contributed by atoms with Crippen molar-refractivity contribution in [2.45, 2.75) is 13.8 Å². The Morgan fingerprint density at radius 1 is 0.756 bits per heavy atom. The number of nitrogens with one attached hydrogen (secondary N) is 1. The number of hydrogen-bond donors (Lipinski definition) is 3. The van der Waals surface area contributed by atoms with Crippen LogP contribution in [0.1, 0.15) is 31.8 Å². The van der Waals surface area contributed by atoms with Crippen LogP contribution < -0.4 is 20.5 Å². The van der Waals surface area contributed by atoms with Crippen molar-refractivity contribution in [1.29, 1.82) is 0 Å². The normalized spacial score (nSPS) is 9.51. The number of aryl methyl sites for hydroxylation is 2. The van der Waals surface area contributed by atoms with Crippen LogP contribution in [0.3, 0.4) is 0 Å². The fraction of sp³-hybridized carbons (Fsp3) is 0.118. The molecule has 0 atom stereocenters. The molecule has 0 aromatic heterocycles. The molecule has 0 fully saturated rings. The van der Waals surface area contributed by atoms with Gasteiger partial charge in [-0.25, -0.2) is 4.79 Å². The number of anilines is 2. The average molecular weight is 553 g/mol. The first-order valence-corrected chi connectivity index (χ1v) is 12.8. The third-order valence-electron chi connectivity index (χ3n) is 5.30. The Labute approximate surface area is 241 Å². The lowest BCUT2D eigenvalue weighted by atomic mass is 10.2. The van der Waals surface area contributed by atoms with E-state index in [1.807, 2.05) is 68.4 Å². The highest BCUT2D eigenvalue weighted by Crippen LogP contribution is 2.16. The van der Waals surface area contributed by atoms with Crippen LogP contribution in [0.25, 0.3) is 0 Å². The van der Waals surface area contributed by atoms with Crippen LogP contribution in [0.15, 0.2) is 122 Å². The number of carbonyl (C=O) groups is 2. The lowest BCUT2D eigenvalue weighted by Gasteiger charge is -2.08. The average Bonchev–Trinajstić information content (AvgIpc) is 2.98. The van der Waals surface area contributed by atoms with E-state index in [0.29, 0.717) is 30.3 Å². The number of carbonyl (C=O) groups excluding carboxylic acids is 1. The summed E-state index contributed by atoms with van der Waals surface area (Å²) >= 11 is 0. The minimum Gasteiger partial charge on any atom is -0.490 e. The zero-order valence-electron chi connectivity index (χ0n) is 23.4. The Hall–Kier alpha value is -5.30. The topological polar surface area (TPSA) is 111 Å². The molecular formula is C34H36N2O5. The highest BCUT2D eigenvalue weighted by molar-refractivity contribution is 6.04. The fourth-order valence-corrected chi connectivity index (χ4v) is 3.16. The maximum Gasteiger partial charge on any atom is 0.335 e. The van der Waals surface area contributed by atoms with Crippen molar-refractivity contribution in [3.05, 3.63) is 145 Å². The third-order valence-corrected chi connectivity index (χ3v) is 5.30. The van der Waals surface area contributed by atoms with Crippen LogP contribution in [0.2, 0.25) is 0 Å². The van der Waals surface area contributed by atoms with Gasteiger partial charge >= 0.3 is 5.97 Å². The van der Waals surface area contributed by atoms with E-state index in [-0.39, 0.29) is 11.5 Å². The number of aromatic carboxylic acids is 1. The number of carboxylic acid groups (broad SMARTS) is 1. The Bertz CT molecular complexity index is 1390. The van der Waals surface area contributed by atoms with Gasteiger partial charge in [0.05, 0.1) is 5.56 Å². The maximum absolute atomic E-state index is 12.1. The highest BCUT2D eigenvalue weighted by atomic mass is 16.5. The van der Waals surface area contributed by atoms with Crippen molar-refractivity contribution in [2.75, 3.05) is 24.3 Å². The lowest BCUT2D eigenvalue weighted by Crippen LogP contribution is -2.11. The number of rotatable bonds is 9. The Morgan fingerprint density at radius 3 is 1.68 bits per heavy atom. The maximum atomic E-state index is 12.1. The number of benzene rings is 4. The molecule has 0 heterocycles. The van der Waals surface area contributed by atoms with Gasteiger partial charge in [-0.2, -0.15) is 0 Å². The van der Waals surface area contributed by atoms with Crippen molar-refractivity contribution in [1.82, 2.24) is 0 Å². The molecule has 0 bridgehead atoms. The third kappa shape index (κ3) is 12.4. The number of amides is 1. The van der Waals surface area contributed by atoms with Crippen LogP contribution in [0.4, 0.5) is 11.4 Å². The monoisotopic (exact) mass is 552 g/mol. The van der Waals surface area contributed by atoms with Gasteiger partial charge in [0.25, 0.3) is 5.91 Å². The molecule has 41 heavy (non-hydrogen) atoms. The standard InChI is InChI=1S/C17H17NO2.C10H10O3.C7H9N/c1-3-11-20-16-6-4-5-14(12-16)17(19)18-15-9-7-13(2)8-10-15;1-2-6-13-9-5-3-4-8(7-9)10(11)12;1-6-2-4-7(8)5-3-6/h3-10,12H,1,11H2,2H3,(H,18,19);2-5,7H,1,6H2,(H,11,12);2-5H,8H2,1H3. The second-order valence-corrected chi connectivity index (χ2v) is 8.79. The van der Waals surface area contributed by atoms with Gasteiger partial charge in [-0.3, -0.25) is 4.79 Å². The van der Waals surface area contributed by atoms with E-state index in [9.17, 15) is 9.59 Å². The molecule has 0 unspecified atom stereocenters. The molecule has 0 aliphatic rings. The number of hydrogen-bond acceptors (Lipinski definition) is 5. The number of carboxylic acids is 1. The fourth-order valence-electron chi connectivity index (χ4n) is 3.16. The van der Waals surface area contributed by atoms with E-state index in [1.165, 1.54) is 17.7 Å². The van der Waals surface area contributed by atoms with Gasteiger partial charge in [-0.1, -0.05) is 72.8 Å². The smallest absolute Gasteiger partial charge is 0.335 e. The zero-order chi connectivity index (χ0) is 30.0. The summed E-state index contributed by atoms with van der Waals surface area (Å²) in [6.45, 7) is 11.9. The second-order valence-electron chi connectivity index (χ2n) is 8.79. The van der Waals surface area contributed by atoms with Crippen molar-refractivity contribution >= 4 is 23.3 Å². The molecule has 0 radical (unpaired) electrons. The van der Waals surface area contributed by atoms with E-state index in [0.717, 1.165) is 16.9 Å². The molecule has 0 spiro atoms. The summed E-state index contributed by atoms with van der Waals surface area (Å²) in [6, 6.07) is 28.9. The van der Waals surface area contributed by atoms with E-state index in [4.69, 9.17) is 20.3 Å². The molecule has 4 rings (SSSR count). The molecule has 0 saturated heterocycles. The van der Waals surface area contributed by atoms with Crippen molar-refractivity contribution in [2.24, 2.45) is 0 Å². The highest BCUT2D eigenvalue weighted by Gasteiger charge is 2.07. The van der Waals surface area contributed by atoms with Gasteiger partial charge in [0.1, 0.15) is 24.7 Å². The SMILES string of the molecule is C=CCOc1cccc(C(=O)Nc2ccc(C)cc2)c1.C=CCOc1cccc(C(=O)O)c1.Cc1ccc(N)cc1. The summed E-state index contributed by atoms with van der Waals surface area (Å²) in [5, 5.41) is 11.5. The predicted molar refractivity (Wildman–Crippen MR) is 166 cm³/mol. The van der Waals surface area contributed by atoms with Crippen LogP contribution >= 0.6 is 0 Å². The summed E-state index contributed by atoms with van der Waals surface area (Å²) in [4.78, 5) is 22.7. The molecule has 0 aliphatic heterocycles. The first-order chi connectivity index (χ1) is 19.7. The molecule has 4 N–H and O–H groups in total. The molecule has 212 valence electrons. The van der Waals surface area contributed by atoms with Gasteiger partial charge in [0.15, 0.2) is 0 Å². The summed E-state index contributed by atoms with van der Waals surface area (Å²) in [7, 11) is 0. The van der Waals surface area contributed by atoms with E-state index < -0.39 is 5.97 Å². The first-order valence-electron chi connectivity index (χ1n) is 12.8. The van der Waals surface area contributed by atoms with Gasteiger partial charge in [-0.15, -0.1) is 0 Å². The summed E-state index contributed by atoms with van der Waals surface area (Å²) < 4.78 is 10.6. The Morgan fingerprint density at radius 2 is 1.22 bits per heavy atom. The molecule has 4 aromatic carbocycles. The summed E-state index contributed by atoms with van der Waals surface area (Å²) in [5.74, 6) is 0.0863. The van der Waals surface area contributed by atoms with E-state index >= 15 is 0 Å². The van der Waals surface area contributed by atoms with Crippen molar-refractivity contribution in [3.63, 3.8) is 0 Å². The largest absolute Gasteiger partial charge is 0.490 e. The summed E-state index contributed by atoms with van der Waals surface area (Å²) in [6.07, 6.45) is 3.27. The van der Waals surface area contributed by atoms with Crippen molar-refractivity contribution < 1.29 is 24.2 Å². The lowest BCUT2D eigenvalue weighted by molar-refractivity contribution is 0.0696. The quantitative estimate of drug-likeness (QED) is 0.148. The molecule has 7 nitrogen and oxygen atoms in total. The zero-order valence-corrected chi connectivity index (χ0v) is 23.4. The number of nitrogen functional groups attached to an aromatic ring is 1. The second kappa shape index (κ2) is 17.3. The number of ether oxygens (including phenoxy) is 2. The van der Waals surface area contributed by atoms with Crippen LogP contribution in [-0.2, 0) is 0 Å². The molecule has 0 saturated carbocycles. The van der Waals surface area contributed by atoms with Gasteiger partial charge in [0, 0.05) is 16.9 Å². The first kappa shape index (κ1) is 31.9. The van der Waals surface area contributed by atoms with Gasteiger partial charge in [0.2, 0.25) is 0 Å². The molecule has 4 aromatic rings. The predicted octanol–water partition coefficient (Wildman–Crippen LogP) is 7.34. The summed E-state index contributed by atoms with van der Waals surface area (Å²) in [5.41, 5.74) is 10.2. The van der Waals surface area contributed by atoms with Crippen LogP contribution in [0.5, 0.6) is 11.5 Å². The Kier molecular flexibility index (Phi) is 13.5. The van der Waals surface area contributed by atoms with Crippen LogP contribution in [-0.4, -0.2) is 30.2 Å². The van der Waals surface area contributed by atoms with Crippen molar-refractivity contribution in [3.8, 4) is 11.5 Å². The molecule has 7 heteroatoms. The Balaban J connectivity index is 0.000000239. The van der Waals surface area contributed by atoms with Gasteiger partial charge in [-0.05, 0) is 74.5 Å². The minimum atomic E-state index is -0.955. The van der Waals surface area contributed by atoms with E-state index in [1.54, 1.807) is 42.5 Å². The molecular weight excluding hydrogens is 516 g/mol. The molecule has 0 aliphatic carbocycles. The number of nitrogens with two attached hydrogens (primary N) is 1. The molecule has 1 amide bonds.